The number of nitrogens with zero attached hydrogens (tertiary/aromatic N) is 1. The van der Waals surface area contributed by atoms with Crippen LogP contribution < -0.4 is 16.0 Å². The van der Waals surface area contributed by atoms with Gasteiger partial charge >= 0.3 is 12.0 Å². The second-order valence-electron chi connectivity index (χ2n) is 9.53. The first-order valence-corrected chi connectivity index (χ1v) is 12.6. The SMILES string of the molecule is Cc1cccc(C)c1NC(=O)Nc1cc(-c2ccncc2)ccc1C(=O)NC(C(=O)O)C1CCCCC1. The smallest absolute Gasteiger partial charge is 0.326 e. The van der Waals surface area contributed by atoms with Gasteiger partial charge < -0.3 is 21.1 Å². The van der Waals surface area contributed by atoms with Crippen LogP contribution in [0.3, 0.4) is 0 Å². The zero-order valence-corrected chi connectivity index (χ0v) is 21.1. The highest BCUT2D eigenvalue weighted by Gasteiger charge is 2.31. The van der Waals surface area contributed by atoms with Gasteiger partial charge in [-0.05, 0) is 79.1 Å². The van der Waals surface area contributed by atoms with Gasteiger partial charge in [-0.1, -0.05) is 43.5 Å². The first-order valence-electron chi connectivity index (χ1n) is 12.6. The molecule has 2 aromatic carbocycles. The fourth-order valence-corrected chi connectivity index (χ4v) is 4.92. The molecule has 1 atom stereocenters. The Morgan fingerprint density at radius 3 is 2.22 bits per heavy atom. The Hall–Kier alpha value is -4.20. The Morgan fingerprint density at radius 2 is 1.57 bits per heavy atom. The number of aryl methyl sites for hydroxylation is 2. The standard InChI is InChI=1S/C29H32N4O4/c1-18-7-6-8-19(2)25(18)33-29(37)31-24-17-22(20-13-15-30-16-14-20)11-12-23(24)27(34)32-26(28(35)36)21-9-4-3-5-10-21/h6-8,11-17,21,26H,3-5,9-10H2,1-2H3,(H,32,34)(H,35,36)(H2,31,33,37). The highest BCUT2D eigenvalue weighted by molar-refractivity contribution is 6.08. The van der Waals surface area contributed by atoms with Crippen LogP contribution in [0.2, 0.25) is 0 Å². The first-order chi connectivity index (χ1) is 17.8. The van der Waals surface area contributed by atoms with E-state index in [1.165, 1.54) is 0 Å². The van der Waals surface area contributed by atoms with E-state index in [-0.39, 0.29) is 17.2 Å². The lowest BCUT2D eigenvalue weighted by molar-refractivity contribution is -0.141. The molecule has 0 bridgehead atoms. The van der Waals surface area contributed by atoms with Crippen LogP contribution >= 0.6 is 0 Å². The molecule has 0 spiro atoms. The number of rotatable bonds is 7. The van der Waals surface area contributed by atoms with E-state index >= 15 is 0 Å². The van der Waals surface area contributed by atoms with Crippen LogP contribution in [0.5, 0.6) is 0 Å². The van der Waals surface area contributed by atoms with Gasteiger partial charge in [-0.25, -0.2) is 9.59 Å². The van der Waals surface area contributed by atoms with Crippen molar-refractivity contribution in [2.75, 3.05) is 10.6 Å². The Labute approximate surface area is 216 Å². The van der Waals surface area contributed by atoms with Gasteiger partial charge in [-0.2, -0.15) is 0 Å². The van der Waals surface area contributed by atoms with Crippen LogP contribution in [0.25, 0.3) is 11.1 Å². The van der Waals surface area contributed by atoms with E-state index in [0.29, 0.717) is 5.69 Å². The number of aliphatic carboxylic acids is 1. The molecular weight excluding hydrogens is 468 g/mol. The van der Waals surface area contributed by atoms with Crippen molar-refractivity contribution in [2.45, 2.75) is 52.0 Å². The van der Waals surface area contributed by atoms with Crippen molar-refractivity contribution in [1.29, 1.82) is 0 Å². The predicted octanol–water partition coefficient (Wildman–Crippen LogP) is 5.77. The van der Waals surface area contributed by atoms with Gasteiger partial charge in [0.1, 0.15) is 6.04 Å². The Morgan fingerprint density at radius 1 is 0.892 bits per heavy atom. The molecule has 8 nitrogen and oxygen atoms in total. The average molecular weight is 501 g/mol. The van der Waals surface area contributed by atoms with Crippen LogP contribution in [0.4, 0.5) is 16.2 Å². The van der Waals surface area contributed by atoms with Crippen molar-refractivity contribution in [3.05, 3.63) is 77.6 Å². The van der Waals surface area contributed by atoms with Gasteiger partial charge in [0, 0.05) is 18.1 Å². The van der Waals surface area contributed by atoms with Gasteiger partial charge in [0.05, 0.1) is 11.3 Å². The maximum Gasteiger partial charge on any atom is 0.326 e. The third-order valence-corrected chi connectivity index (χ3v) is 6.92. The number of amides is 3. The first kappa shape index (κ1) is 25.9. The fourth-order valence-electron chi connectivity index (χ4n) is 4.92. The van der Waals surface area contributed by atoms with E-state index in [1.807, 2.05) is 44.2 Å². The van der Waals surface area contributed by atoms with Gasteiger partial charge in [0.15, 0.2) is 0 Å². The molecule has 0 radical (unpaired) electrons. The van der Waals surface area contributed by atoms with Crippen molar-refractivity contribution in [1.82, 2.24) is 10.3 Å². The number of benzene rings is 2. The number of nitrogens with one attached hydrogen (secondary N) is 3. The van der Waals surface area contributed by atoms with Crippen molar-refractivity contribution >= 4 is 29.3 Å². The molecule has 3 amide bonds. The molecule has 192 valence electrons. The molecule has 1 unspecified atom stereocenters. The van der Waals surface area contributed by atoms with Gasteiger partial charge in [0.2, 0.25) is 0 Å². The van der Waals surface area contributed by atoms with Crippen molar-refractivity contribution in [3.8, 4) is 11.1 Å². The summed E-state index contributed by atoms with van der Waals surface area (Å²) in [5.41, 5.74) is 4.64. The zero-order chi connectivity index (χ0) is 26.4. The molecule has 3 aromatic rings. The molecule has 1 saturated carbocycles. The second-order valence-corrected chi connectivity index (χ2v) is 9.53. The highest BCUT2D eigenvalue weighted by atomic mass is 16.4. The molecule has 1 heterocycles. The molecule has 1 aliphatic carbocycles. The van der Waals surface area contributed by atoms with Crippen molar-refractivity contribution in [2.24, 2.45) is 5.92 Å². The third kappa shape index (κ3) is 6.33. The summed E-state index contributed by atoms with van der Waals surface area (Å²) in [7, 11) is 0. The van der Waals surface area contributed by atoms with Crippen LogP contribution in [-0.2, 0) is 4.79 Å². The van der Waals surface area contributed by atoms with Gasteiger partial charge in [-0.15, -0.1) is 0 Å². The van der Waals surface area contributed by atoms with Crippen LogP contribution in [-0.4, -0.2) is 34.0 Å². The van der Waals surface area contributed by atoms with E-state index < -0.39 is 23.9 Å². The largest absolute Gasteiger partial charge is 0.480 e. The summed E-state index contributed by atoms with van der Waals surface area (Å²) in [5, 5.41) is 18.3. The monoisotopic (exact) mass is 500 g/mol. The minimum Gasteiger partial charge on any atom is -0.480 e. The number of anilines is 2. The molecular formula is C29H32N4O4. The van der Waals surface area contributed by atoms with Crippen molar-refractivity contribution in [3.63, 3.8) is 0 Å². The summed E-state index contributed by atoms with van der Waals surface area (Å²) in [4.78, 5) is 42.5. The van der Waals surface area contributed by atoms with E-state index in [4.69, 9.17) is 0 Å². The maximum absolute atomic E-state index is 13.4. The summed E-state index contributed by atoms with van der Waals surface area (Å²) in [6.45, 7) is 3.81. The van der Waals surface area contributed by atoms with E-state index in [1.54, 1.807) is 30.6 Å². The minimum absolute atomic E-state index is 0.116. The lowest BCUT2D eigenvalue weighted by Crippen LogP contribution is -2.46. The van der Waals surface area contributed by atoms with Crippen LogP contribution in [0.1, 0.15) is 53.6 Å². The van der Waals surface area contributed by atoms with Gasteiger partial charge in [0.25, 0.3) is 5.91 Å². The fraction of sp³-hybridized carbons (Fsp3) is 0.310. The number of carbonyl (C=O) groups excluding carboxylic acids is 2. The number of aromatic nitrogens is 1. The molecule has 4 N–H and O–H groups in total. The normalized spacial score (nSPS) is 14.4. The third-order valence-electron chi connectivity index (χ3n) is 6.92. The molecule has 0 aliphatic heterocycles. The number of pyridine rings is 1. The molecule has 4 rings (SSSR count). The number of carboxylic acids is 1. The summed E-state index contributed by atoms with van der Waals surface area (Å²) >= 11 is 0. The van der Waals surface area contributed by atoms with Crippen molar-refractivity contribution < 1.29 is 19.5 Å². The van der Waals surface area contributed by atoms with Crippen LogP contribution in [0.15, 0.2) is 60.9 Å². The molecule has 1 fully saturated rings. The lowest BCUT2D eigenvalue weighted by atomic mass is 9.83. The number of para-hydroxylation sites is 1. The lowest BCUT2D eigenvalue weighted by Gasteiger charge is -2.28. The predicted molar refractivity (Wildman–Crippen MR) is 144 cm³/mol. The molecule has 0 saturated heterocycles. The van der Waals surface area contributed by atoms with Crippen LogP contribution in [0, 0.1) is 19.8 Å². The van der Waals surface area contributed by atoms with Gasteiger partial charge in [-0.3, -0.25) is 9.78 Å². The Kier molecular flexibility index (Phi) is 8.18. The number of carbonyl (C=O) groups is 3. The molecule has 1 aliphatic rings. The zero-order valence-electron chi connectivity index (χ0n) is 21.1. The highest BCUT2D eigenvalue weighted by Crippen LogP contribution is 2.29. The van der Waals surface area contributed by atoms with E-state index in [9.17, 15) is 19.5 Å². The molecule has 1 aromatic heterocycles. The Bertz CT molecular complexity index is 1270. The number of hydrogen-bond acceptors (Lipinski definition) is 4. The summed E-state index contributed by atoms with van der Waals surface area (Å²) < 4.78 is 0. The molecule has 37 heavy (non-hydrogen) atoms. The number of carboxylic acid groups (broad SMARTS) is 1. The summed E-state index contributed by atoms with van der Waals surface area (Å²) in [6, 6.07) is 13.0. The average Bonchev–Trinajstić information content (AvgIpc) is 2.90. The Balaban J connectivity index is 1.63. The summed E-state index contributed by atoms with van der Waals surface area (Å²) in [5.74, 6) is -1.70. The minimum atomic E-state index is -1.05. The maximum atomic E-state index is 13.4. The summed E-state index contributed by atoms with van der Waals surface area (Å²) in [6.07, 6.45) is 7.85. The number of urea groups is 1. The second kappa shape index (κ2) is 11.7. The quantitative estimate of drug-likeness (QED) is 0.328. The molecule has 8 heteroatoms. The van der Waals surface area contributed by atoms with E-state index in [2.05, 4.69) is 20.9 Å². The van der Waals surface area contributed by atoms with E-state index in [0.717, 1.165) is 54.4 Å². The topological polar surface area (TPSA) is 120 Å². The number of hydrogen-bond donors (Lipinski definition) is 4.